The lowest BCUT2D eigenvalue weighted by atomic mass is 10.1. The van der Waals surface area contributed by atoms with Gasteiger partial charge in [0.05, 0.1) is 27.4 Å². The van der Waals surface area contributed by atoms with E-state index < -0.39 is 34.3 Å². The summed E-state index contributed by atoms with van der Waals surface area (Å²) in [6.45, 7) is 3.21. The first kappa shape index (κ1) is 24.5. The number of ether oxygens (including phenoxy) is 1. The van der Waals surface area contributed by atoms with E-state index in [-0.39, 0.29) is 28.7 Å². The second kappa shape index (κ2) is 9.21. The fourth-order valence-electron chi connectivity index (χ4n) is 3.79. The third-order valence-corrected chi connectivity index (χ3v) is 5.65. The summed E-state index contributed by atoms with van der Waals surface area (Å²) in [6.07, 6.45) is -3.47. The zero-order chi connectivity index (χ0) is 25.5. The molecule has 2 aromatic carbocycles. The molecule has 0 aliphatic heterocycles. The van der Waals surface area contributed by atoms with Gasteiger partial charge in [0.2, 0.25) is 5.91 Å². The Morgan fingerprint density at radius 2 is 1.80 bits per heavy atom. The third-order valence-electron chi connectivity index (χ3n) is 5.27. The van der Waals surface area contributed by atoms with Gasteiger partial charge in [-0.1, -0.05) is 17.7 Å². The molecule has 1 aliphatic rings. The minimum absolute atomic E-state index is 0.0471. The number of rotatable bonds is 7. The van der Waals surface area contributed by atoms with Gasteiger partial charge in [0, 0.05) is 18.1 Å². The van der Waals surface area contributed by atoms with Crippen LogP contribution in [0.4, 0.5) is 24.5 Å². The van der Waals surface area contributed by atoms with Crippen molar-refractivity contribution < 1.29 is 27.6 Å². The lowest BCUT2D eigenvalue weighted by Crippen LogP contribution is -2.21. The number of nitro benzene ring substituents is 1. The van der Waals surface area contributed by atoms with Crippen LogP contribution in [0.1, 0.15) is 41.3 Å². The first-order valence-corrected chi connectivity index (χ1v) is 11.0. The van der Waals surface area contributed by atoms with Crippen LogP contribution in [0.2, 0.25) is 5.02 Å². The fourth-order valence-corrected chi connectivity index (χ4v) is 4.18. The summed E-state index contributed by atoms with van der Waals surface area (Å²) in [7, 11) is 0. The number of hydrogen-bond acceptors (Lipinski definition) is 5. The zero-order valence-electron chi connectivity index (χ0n) is 18.6. The van der Waals surface area contributed by atoms with Crippen LogP contribution in [0.3, 0.4) is 0 Å². The molecule has 1 aromatic heterocycles. The van der Waals surface area contributed by atoms with E-state index in [2.05, 4.69) is 10.4 Å². The molecule has 1 aliphatic carbocycles. The molecule has 0 radical (unpaired) electrons. The summed E-state index contributed by atoms with van der Waals surface area (Å²) in [6, 6.07) is 9.17. The number of aryl methyl sites for hydroxylation is 2. The van der Waals surface area contributed by atoms with Gasteiger partial charge in [-0.3, -0.25) is 19.6 Å². The molecule has 1 N–H and O–H groups in total. The molecule has 0 unspecified atom stereocenters. The van der Waals surface area contributed by atoms with Crippen molar-refractivity contribution in [2.24, 2.45) is 0 Å². The maximum absolute atomic E-state index is 13.3. The van der Waals surface area contributed by atoms with Gasteiger partial charge in [0.1, 0.15) is 18.0 Å². The lowest BCUT2D eigenvalue weighted by molar-refractivity contribution is -0.384. The minimum Gasteiger partial charge on any atom is -0.457 e. The molecular weight excluding hydrogens is 489 g/mol. The van der Waals surface area contributed by atoms with Crippen LogP contribution in [0.25, 0.3) is 0 Å². The Hall–Kier alpha value is -3.60. The van der Waals surface area contributed by atoms with Gasteiger partial charge < -0.3 is 10.1 Å². The first-order valence-electron chi connectivity index (χ1n) is 10.6. The summed E-state index contributed by atoms with van der Waals surface area (Å²) >= 11 is 5.94. The van der Waals surface area contributed by atoms with Gasteiger partial charge in [-0.15, -0.1) is 0 Å². The molecule has 1 fully saturated rings. The molecule has 3 aromatic rings. The van der Waals surface area contributed by atoms with E-state index in [0.717, 1.165) is 21.9 Å². The molecule has 12 heteroatoms. The second-order valence-electron chi connectivity index (χ2n) is 8.42. The Morgan fingerprint density at radius 3 is 2.37 bits per heavy atom. The molecule has 0 atom stereocenters. The maximum Gasteiger partial charge on any atom is 0.436 e. The largest absolute Gasteiger partial charge is 0.457 e. The van der Waals surface area contributed by atoms with Crippen LogP contribution < -0.4 is 10.1 Å². The topological polar surface area (TPSA) is 99.3 Å². The number of carbonyl (C=O) groups excluding carboxylic acids is 1. The van der Waals surface area contributed by atoms with E-state index in [0.29, 0.717) is 18.6 Å². The lowest BCUT2D eigenvalue weighted by Gasteiger charge is -2.11. The first-order chi connectivity index (χ1) is 16.4. The smallest absolute Gasteiger partial charge is 0.436 e. The minimum atomic E-state index is -4.76. The van der Waals surface area contributed by atoms with E-state index >= 15 is 0 Å². The summed E-state index contributed by atoms with van der Waals surface area (Å²) < 4.78 is 46.5. The van der Waals surface area contributed by atoms with Crippen molar-refractivity contribution in [1.82, 2.24) is 9.78 Å². The van der Waals surface area contributed by atoms with Crippen LogP contribution >= 0.6 is 11.6 Å². The summed E-state index contributed by atoms with van der Waals surface area (Å²) in [4.78, 5) is 23.4. The van der Waals surface area contributed by atoms with Gasteiger partial charge in [0.25, 0.3) is 5.69 Å². The van der Waals surface area contributed by atoms with Gasteiger partial charge in [-0.25, -0.2) is 0 Å². The van der Waals surface area contributed by atoms with E-state index in [1.54, 1.807) is 12.1 Å². The Balaban J connectivity index is 1.58. The highest BCUT2D eigenvalue weighted by Gasteiger charge is 2.42. The molecule has 1 saturated carbocycles. The molecular formula is C23H20ClF3N4O4. The predicted molar refractivity (Wildman–Crippen MR) is 122 cm³/mol. The average molecular weight is 509 g/mol. The van der Waals surface area contributed by atoms with Gasteiger partial charge >= 0.3 is 6.18 Å². The quantitative estimate of drug-likeness (QED) is 0.294. The Bertz CT molecular complexity index is 1300. The van der Waals surface area contributed by atoms with E-state index in [4.69, 9.17) is 16.3 Å². The van der Waals surface area contributed by atoms with Crippen molar-refractivity contribution in [1.29, 1.82) is 0 Å². The summed E-state index contributed by atoms with van der Waals surface area (Å²) in [5.74, 6) is -0.355. The Labute approximate surface area is 202 Å². The van der Waals surface area contributed by atoms with E-state index in [1.807, 2.05) is 19.9 Å². The monoisotopic (exact) mass is 508 g/mol. The number of hydrogen-bond donors (Lipinski definition) is 1. The molecule has 0 spiro atoms. The molecule has 8 nitrogen and oxygen atoms in total. The summed E-state index contributed by atoms with van der Waals surface area (Å²) in [5.41, 5.74) is 0.497. The predicted octanol–water partition coefficient (Wildman–Crippen LogP) is 6.39. The number of amides is 1. The molecule has 1 heterocycles. The molecule has 184 valence electrons. The van der Waals surface area contributed by atoms with Crippen molar-refractivity contribution >= 4 is 28.9 Å². The van der Waals surface area contributed by atoms with Crippen molar-refractivity contribution in [3.05, 3.63) is 74.0 Å². The zero-order valence-corrected chi connectivity index (χ0v) is 19.4. The van der Waals surface area contributed by atoms with Crippen LogP contribution in [0.15, 0.2) is 36.4 Å². The van der Waals surface area contributed by atoms with Gasteiger partial charge in [-0.2, -0.15) is 18.3 Å². The number of alkyl halides is 3. The van der Waals surface area contributed by atoms with Crippen LogP contribution in [0.5, 0.6) is 11.5 Å². The second-order valence-corrected chi connectivity index (χ2v) is 8.80. The average Bonchev–Trinajstić information content (AvgIpc) is 3.49. The van der Waals surface area contributed by atoms with Gasteiger partial charge in [0.15, 0.2) is 5.69 Å². The van der Waals surface area contributed by atoms with Crippen LogP contribution in [0, 0.1) is 24.0 Å². The number of nitrogens with one attached hydrogen (secondary N) is 1. The normalized spacial score (nSPS) is 13.5. The standard InChI is InChI=1S/C23H20ClF3N4O4/c1-12-5-13(2)7-17(6-12)35-18-9-15(8-16(10-18)31(33)34)28-19(32)11-30-21(14-3-4-14)20(24)22(29-30)23(25,26)27/h5-10,14H,3-4,11H2,1-2H3,(H,28,32). The van der Waals surface area contributed by atoms with Crippen molar-refractivity contribution in [2.45, 2.75) is 45.3 Å². The number of anilines is 1. The number of aromatic nitrogens is 2. The number of halogens is 4. The molecule has 0 bridgehead atoms. The van der Waals surface area contributed by atoms with Crippen molar-refractivity contribution in [2.75, 3.05) is 5.32 Å². The number of carbonyl (C=O) groups is 1. The summed E-state index contributed by atoms with van der Waals surface area (Å²) in [5, 5.41) is 16.9. The highest BCUT2D eigenvalue weighted by atomic mass is 35.5. The SMILES string of the molecule is Cc1cc(C)cc(Oc2cc(NC(=O)Cn3nc(C(F)(F)F)c(Cl)c3C3CC3)cc([N+](=O)[O-])c2)c1. The van der Waals surface area contributed by atoms with E-state index in [9.17, 15) is 28.1 Å². The van der Waals surface area contributed by atoms with Crippen LogP contribution in [-0.2, 0) is 17.5 Å². The molecule has 1 amide bonds. The fraction of sp³-hybridized carbons (Fsp3) is 0.304. The van der Waals surface area contributed by atoms with Gasteiger partial charge in [-0.05, 0) is 49.9 Å². The van der Waals surface area contributed by atoms with E-state index in [1.165, 1.54) is 12.1 Å². The van der Waals surface area contributed by atoms with Crippen LogP contribution in [-0.4, -0.2) is 20.6 Å². The Morgan fingerprint density at radius 1 is 1.17 bits per heavy atom. The molecule has 4 rings (SSSR count). The highest BCUT2D eigenvalue weighted by Crippen LogP contribution is 2.46. The maximum atomic E-state index is 13.3. The molecule has 0 saturated heterocycles. The Kier molecular flexibility index (Phi) is 6.46. The highest BCUT2D eigenvalue weighted by molar-refractivity contribution is 6.32. The number of nitrogens with zero attached hydrogens (tertiary/aromatic N) is 3. The third kappa shape index (κ3) is 5.73. The number of non-ortho nitro benzene ring substituents is 1. The van der Waals surface area contributed by atoms with Crippen molar-refractivity contribution in [3.63, 3.8) is 0 Å². The van der Waals surface area contributed by atoms with Crippen molar-refractivity contribution in [3.8, 4) is 11.5 Å². The number of benzene rings is 2. The number of nitro groups is 1. The molecule has 35 heavy (non-hydrogen) atoms.